The second kappa shape index (κ2) is 5.49. The summed E-state index contributed by atoms with van der Waals surface area (Å²) in [6.07, 6.45) is 1.97. The van der Waals surface area contributed by atoms with Gasteiger partial charge in [-0.25, -0.2) is 13.8 Å². The molecule has 0 aliphatic heterocycles. The van der Waals surface area contributed by atoms with Gasteiger partial charge >= 0.3 is 0 Å². The van der Waals surface area contributed by atoms with E-state index in [9.17, 15) is 13.6 Å². The standard InChI is InChI=1S/C15H10BrF2N3O/c1-21-7-19-15-12(21)4-8(6-22)14(13(15)18)20-11-3-2-9(16)5-10(11)17/h2-7,20H,1H3. The van der Waals surface area contributed by atoms with Gasteiger partial charge in [0.25, 0.3) is 0 Å². The highest BCUT2D eigenvalue weighted by molar-refractivity contribution is 9.10. The first-order valence-corrected chi connectivity index (χ1v) is 7.11. The van der Waals surface area contributed by atoms with Gasteiger partial charge in [-0.3, -0.25) is 4.79 Å². The maximum atomic E-state index is 14.6. The summed E-state index contributed by atoms with van der Waals surface area (Å²) < 4.78 is 30.7. The van der Waals surface area contributed by atoms with Crippen molar-refractivity contribution in [1.29, 1.82) is 0 Å². The summed E-state index contributed by atoms with van der Waals surface area (Å²) in [5, 5.41) is 2.64. The summed E-state index contributed by atoms with van der Waals surface area (Å²) in [5.74, 6) is -1.26. The van der Waals surface area contributed by atoms with Crippen molar-refractivity contribution in [2.45, 2.75) is 0 Å². The van der Waals surface area contributed by atoms with Gasteiger partial charge in [-0.05, 0) is 24.3 Å². The molecule has 0 unspecified atom stereocenters. The molecule has 0 saturated carbocycles. The maximum Gasteiger partial charge on any atom is 0.175 e. The number of rotatable bonds is 3. The Morgan fingerprint density at radius 1 is 1.32 bits per heavy atom. The van der Waals surface area contributed by atoms with Gasteiger partial charge in [0.15, 0.2) is 12.1 Å². The molecular formula is C15H10BrF2N3O. The third kappa shape index (κ3) is 2.37. The first kappa shape index (κ1) is 14.6. The Bertz CT molecular complexity index is 892. The largest absolute Gasteiger partial charge is 0.350 e. The lowest BCUT2D eigenvalue weighted by Crippen LogP contribution is -2.02. The topological polar surface area (TPSA) is 46.9 Å². The number of carbonyl (C=O) groups excluding carboxylic acids is 1. The summed E-state index contributed by atoms with van der Waals surface area (Å²) in [6, 6.07) is 5.83. The monoisotopic (exact) mass is 365 g/mol. The number of hydrogen-bond donors (Lipinski definition) is 1. The van der Waals surface area contributed by atoms with E-state index in [-0.39, 0.29) is 22.5 Å². The van der Waals surface area contributed by atoms with Crippen LogP contribution in [0.15, 0.2) is 35.1 Å². The van der Waals surface area contributed by atoms with Crippen molar-refractivity contribution in [1.82, 2.24) is 9.55 Å². The van der Waals surface area contributed by atoms with Crippen LogP contribution in [0.4, 0.5) is 20.2 Å². The molecule has 112 valence electrons. The highest BCUT2D eigenvalue weighted by Crippen LogP contribution is 2.31. The lowest BCUT2D eigenvalue weighted by molar-refractivity contribution is 0.112. The van der Waals surface area contributed by atoms with Crippen LogP contribution in [0, 0.1) is 11.6 Å². The molecule has 0 aliphatic carbocycles. The van der Waals surface area contributed by atoms with Gasteiger partial charge in [0, 0.05) is 17.1 Å². The van der Waals surface area contributed by atoms with Gasteiger partial charge in [-0.15, -0.1) is 0 Å². The molecule has 0 saturated heterocycles. The first-order chi connectivity index (χ1) is 10.5. The number of aryl methyl sites for hydroxylation is 1. The molecule has 0 fully saturated rings. The van der Waals surface area contributed by atoms with E-state index in [2.05, 4.69) is 26.2 Å². The van der Waals surface area contributed by atoms with Crippen LogP contribution in [0.1, 0.15) is 10.4 Å². The number of aldehydes is 1. The van der Waals surface area contributed by atoms with Crippen LogP contribution < -0.4 is 5.32 Å². The maximum absolute atomic E-state index is 14.6. The molecule has 0 radical (unpaired) electrons. The number of imidazole rings is 1. The number of hydrogen-bond acceptors (Lipinski definition) is 3. The van der Waals surface area contributed by atoms with E-state index >= 15 is 0 Å². The smallest absolute Gasteiger partial charge is 0.175 e. The summed E-state index contributed by atoms with van der Waals surface area (Å²) in [7, 11) is 1.70. The average molecular weight is 366 g/mol. The van der Waals surface area contributed by atoms with Crippen LogP contribution in [-0.4, -0.2) is 15.8 Å². The van der Waals surface area contributed by atoms with Gasteiger partial charge in [0.1, 0.15) is 11.3 Å². The van der Waals surface area contributed by atoms with Gasteiger partial charge in [-0.1, -0.05) is 15.9 Å². The molecule has 1 aromatic heterocycles. The van der Waals surface area contributed by atoms with Gasteiger partial charge < -0.3 is 9.88 Å². The summed E-state index contributed by atoms with van der Waals surface area (Å²) in [4.78, 5) is 15.2. The third-order valence-electron chi connectivity index (χ3n) is 3.31. The van der Waals surface area contributed by atoms with Crippen LogP contribution in [0.3, 0.4) is 0 Å². The lowest BCUT2D eigenvalue weighted by atomic mass is 10.1. The number of halogens is 3. The normalized spacial score (nSPS) is 10.9. The minimum atomic E-state index is -0.692. The van der Waals surface area contributed by atoms with E-state index in [0.29, 0.717) is 16.3 Å². The van der Waals surface area contributed by atoms with E-state index in [1.54, 1.807) is 17.7 Å². The number of nitrogens with zero attached hydrogens (tertiary/aromatic N) is 2. The van der Waals surface area contributed by atoms with E-state index in [1.165, 1.54) is 24.5 Å². The third-order valence-corrected chi connectivity index (χ3v) is 3.80. The Balaban J connectivity index is 2.17. The van der Waals surface area contributed by atoms with Gasteiger partial charge in [-0.2, -0.15) is 0 Å². The number of fused-ring (bicyclic) bond motifs is 1. The zero-order chi connectivity index (χ0) is 15.9. The zero-order valence-electron chi connectivity index (χ0n) is 11.4. The molecule has 7 heteroatoms. The van der Waals surface area contributed by atoms with Crippen LogP contribution in [0.5, 0.6) is 0 Å². The van der Waals surface area contributed by atoms with Crippen LogP contribution in [0.2, 0.25) is 0 Å². The van der Waals surface area contributed by atoms with Crippen molar-refractivity contribution < 1.29 is 13.6 Å². The van der Waals surface area contributed by atoms with Crippen LogP contribution in [0.25, 0.3) is 11.0 Å². The Hall–Kier alpha value is -2.28. The van der Waals surface area contributed by atoms with Crippen molar-refractivity contribution in [3.63, 3.8) is 0 Å². The number of aromatic nitrogens is 2. The fourth-order valence-electron chi connectivity index (χ4n) is 2.19. The molecule has 0 amide bonds. The quantitative estimate of drug-likeness (QED) is 0.708. The molecule has 3 rings (SSSR count). The highest BCUT2D eigenvalue weighted by atomic mass is 79.9. The number of nitrogens with one attached hydrogen (secondary N) is 1. The minimum absolute atomic E-state index is 0.0699. The fourth-order valence-corrected chi connectivity index (χ4v) is 2.52. The van der Waals surface area contributed by atoms with Crippen molar-refractivity contribution in [2.24, 2.45) is 7.05 Å². The fraction of sp³-hybridized carbons (Fsp3) is 0.0667. The Kier molecular flexibility index (Phi) is 3.66. The Labute approximate surface area is 132 Å². The molecule has 2 aromatic carbocycles. The van der Waals surface area contributed by atoms with Crippen LogP contribution in [-0.2, 0) is 7.05 Å². The molecule has 22 heavy (non-hydrogen) atoms. The SMILES string of the molecule is Cn1cnc2c(F)c(Nc3ccc(Br)cc3F)c(C=O)cc21. The number of benzene rings is 2. The highest BCUT2D eigenvalue weighted by Gasteiger charge is 2.17. The van der Waals surface area contributed by atoms with Crippen molar-refractivity contribution >= 4 is 44.6 Å². The Morgan fingerprint density at radius 3 is 2.77 bits per heavy atom. The molecule has 0 aliphatic rings. The molecule has 4 nitrogen and oxygen atoms in total. The summed E-state index contributed by atoms with van der Waals surface area (Å²) in [6.45, 7) is 0. The number of anilines is 2. The predicted molar refractivity (Wildman–Crippen MR) is 83.4 cm³/mol. The van der Waals surface area contributed by atoms with Crippen LogP contribution >= 0.6 is 15.9 Å². The van der Waals surface area contributed by atoms with Crippen molar-refractivity contribution in [3.05, 3.63) is 52.3 Å². The molecule has 0 atom stereocenters. The molecule has 1 heterocycles. The molecule has 0 bridgehead atoms. The molecule has 3 aromatic rings. The van der Waals surface area contributed by atoms with Crippen molar-refractivity contribution in [2.75, 3.05) is 5.32 Å². The summed E-state index contributed by atoms with van der Waals surface area (Å²) in [5.41, 5.74) is 0.674. The van der Waals surface area contributed by atoms with Gasteiger partial charge in [0.05, 0.1) is 23.2 Å². The van der Waals surface area contributed by atoms with E-state index in [4.69, 9.17) is 0 Å². The second-order valence-corrected chi connectivity index (χ2v) is 5.66. The molecule has 1 N–H and O–H groups in total. The lowest BCUT2D eigenvalue weighted by Gasteiger charge is -2.12. The minimum Gasteiger partial charge on any atom is -0.350 e. The zero-order valence-corrected chi connectivity index (χ0v) is 13.0. The van der Waals surface area contributed by atoms with Gasteiger partial charge in [0.2, 0.25) is 0 Å². The predicted octanol–water partition coefficient (Wildman–Crippen LogP) is 4.17. The van der Waals surface area contributed by atoms with E-state index < -0.39 is 11.6 Å². The van der Waals surface area contributed by atoms with E-state index in [1.807, 2.05) is 0 Å². The van der Waals surface area contributed by atoms with E-state index in [0.717, 1.165) is 0 Å². The second-order valence-electron chi connectivity index (χ2n) is 4.75. The first-order valence-electron chi connectivity index (χ1n) is 6.32. The molecular weight excluding hydrogens is 356 g/mol. The average Bonchev–Trinajstić information content (AvgIpc) is 2.85. The van der Waals surface area contributed by atoms with Crippen molar-refractivity contribution in [3.8, 4) is 0 Å². The Morgan fingerprint density at radius 2 is 2.09 bits per heavy atom. The number of carbonyl (C=O) groups is 1. The molecule has 0 spiro atoms. The summed E-state index contributed by atoms with van der Waals surface area (Å²) >= 11 is 3.15.